The smallest absolute Gasteiger partial charge is 0.232 e. The Kier molecular flexibility index (Phi) is 7.85. The molecular weight excluding hydrogens is 436 g/mol. The van der Waals surface area contributed by atoms with E-state index in [4.69, 9.17) is 11.0 Å². The predicted molar refractivity (Wildman–Crippen MR) is 143 cm³/mol. The minimum atomic E-state index is -0.656. The Bertz CT molecular complexity index is 1270. The summed E-state index contributed by atoms with van der Waals surface area (Å²) < 4.78 is 0. The Morgan fingerprint density at radius 3 is 2.40 bits per heavy atom. The van der Waals surface area contributed by atoms with Crippen LogP contribution in [0, 0.1) is 25.3 Å². The lowest BCUT2D eigenvalue weighted by atomic mass is 9.82. The molecule has 3 rings (SSSR count). The second-order valence-electron chi connectivity index (χ2n) is 9.49. The van der Waals surface area contributed by atoms with Gasteiger partial charge in [0.25, 0.3) is 0 Å². The number of carbonyl (C=O) groups is 1. The highest BCUT2D eigenvalue weighted by Gasteiger charge is 2.33. The largest absolute Gasteiger partial charge is 0.369 e. The van der Waals surface area contributed by atoms with Crippen LogP contribution in [0.2, 0.25) is 0 Å². The van der Waals surface area contributed by atoms with Gasteiger partial charge >= 0.3 is 0 Å². The van der Waals surface area contributed by atoms with Crippen molar-refractivity contribution < 1.29 is 4.79 Å². The summed E-state index contributed by atoms with van der Waals surface area (Å²) >= 11 is 0. The van der Waals surface area contributed by atoms with Gasteiger partial charge in [0.1, 0.15) is 0 Å². The van der Waals surface area contributed by atoms with Crippen molar-refractivity contribution in [1.29, 1.82) is 5.26 Å². The summed E-state index contributed by atoms with van der Waals surface area (Å²) in [4.78, 5) is 22.4. The summed E-state index contributed by atoms with van der Waals surface area (Å²) in [5.74, 6) is 0.225. The molecule has 4 N–H and O–H groups in total. The van der Waals surface area contributed by atoms with E-state index in [1.54, 1.807) is 6.19 Å². The maximum atomic E-state index is 13.3. The number of hydrogen-bond acceptors (Lipinski definition) is 3. The molecule has 1 aromatic heterocycles. The number of rotatable bonds is 8. The highest BCUT2D eigenvalue weighted by Crippen LogP contribution is 2.35. The van der Waals surface area contributed by atoms with Crippen molar-refractivity contribution in [3.05, 3.63) is 58.7 Å². The molecule has 0 aliphatic carbocycles. The number of benzene rings is 2. The lowest BCUT2D eigenvalue weighted by Crippen LogP contribution is -2.43. The standard InChI is InChI=1S/C28H36N6O/c1-7-34(8-2)26(35)28(5,6)21-9-10-24-23(16-21)22(11-12-31-27(30)32-17-29)25(33-24)20-14-18(3)13-19(4)15-20/h9-10,13-16,33H,7-8,11-12H2,1-6H3,(H3,30,31,32). The van der Waals surface area contributed by atoms with E-state index in [2.05, 4.69) is 59.5 Å². The van der Waals surface area contributed by atoms with Crippen LogP contribution >= 0.6 is 0 Å². The van der Waals surface area contributed by atoms with E-state index in [0.717, 1.165) is 33.3 Å². The fourth-order valence-electron chi connectivity index (χ4n) is 4.70. The molecule has 0 aliphatic heterocycles. The minimum absolute atomic E-state index is 0.104. The van der Waals surface area contributed by atoms with Crippen LogP contribution < -0.4 is 11.1 Å². The van der Waals surface area contributed by atoms with Crippen LogP contribution in [0.5, 0.6) is 0 Å². The summed E-state index contributed by atoms with van der Waals surface area (Å²) in [5, 5.41) is 12.8. The number of nitrogens with zero attached hydrogens (tertiary/aromatic N) is 3. The SMILES string of the molecule is CCN(CC)C(=O)C(C)(C)c1ccc2[nH]c(-c3cc(C)cc(C)c3)c(CCN/C(N)=N/C#N)c2c1. The molecule has 0 radical (unpaired) electrons. The van der Waals surface area contributed by atoms with Gasteiger partial charge in [-0.05, 0) is 88.9 Å². The van der Waals surface area contributed by atoms with Crippen molar-refractivity contribution in [1.82, 2.24) is 15.2 Å². The molecule has 0 unspecified atom stereocenters. The number of amides is 1. The van der Waals surface area contributed by atoms with Gasteiger partial charge in [0, 0.05) is 36.2 Å². The fraction of sp³-hybridized carbons (Fsp3) is 0.393. The van der Waals surface area contributed by atoms with Crippen molar-refractivity contribution in [3.63, 3.8) is 0 Å². The summed E-state index contributed by atoms with van der Waals surface area (Å²) in [6, 6.07) is 12.8. The van der Waals surface area contributed by atoms with E-state index in [9.17, 15) is 4.79 Å². The Labute approximate surface area is 208 Å². The molecule has 0 fully saturated rings. The van der Waals surface area contributed by atoms with Crippen LogP contribution in [-0.2, 0) is 16.6 Å². The summed E-state index contributed by atoms with van der Waals surface area (Å²) in [6.07, 6.45) is 2.37. The quantitative estimate of drug-likeness (QED) is 0.254. The predicted octanol–water partition coefficient (Wildman–Crippen LogP) is 4.53. The molecule has 0 saturated carbocycles. The van der Waals surface area contributed by atoms with Crippen molar-refractivity contribution >= 4 is 22.8 Å². The average molecular weight is 473 g/mol. The van der Waals surface area contributed by atoms with E-state index in [0.29, 0.717) is 26.1 Å². The van der Waals surface area contributed by atoms with E-state index < -0.39 is 5.41 Å². The molecule has 7 nitrogen and oxygen atoms in total. The maximum Gasteiger partial charge on any atom is 0.232 e. The summed E-state index contributed by atoms with van der Waals surface area (Å²) in [7, 11) is 0. The van der Waals surface area contributed by atoms with Crippen LogP contribution in [0.15, 0.2) is 41.4 Å². The van der Waals surface area contributed by atoms with Gasteiger partial charge in [-0.3, -0.25) is 4.79 Å². The zero-order valence-corrected chi connectivity index (χ0v) is 21.6. The van der Waals surface area contributed by atoms with E-state index in [1.807, 2.05) is 38.7 Å². The zero-order chi connectivity index (χ0) is 25.8. The number of nitrogens with two attached hydrogens (primary N) is 1. The topological polar surface area (TPSA) is 110 Å². The molecule has 0 bridgehead atoms. The monoisotopic (exact) mass is 472 g/mol. The van der Waals surface area contributed by atoms with Gasteiger partial charge in [0.15, 0.2) is 0 Å². The molecule has 0 atom stereocenters. The van der Waals surface area contributed by atoms with Crippen molar-refractivity contribution in [3.8, 4) is 17.5 Å². The first-order chi connectivity index (χ1) is 16.6. The molecule has 184 valence electrons. The number of nitrogens with one attached hydrogen (secondary N) is 2. The van der Waals surface area contributed by atoms with Crippen molar-refractivity contribution in [2.45, 2.75) is 53.4 Å². The first-order valence-electron chi connectivity index (χ1n) is 12.1. The van der Waals surface area contributed by atoms with Crippen LogP contribution in [0.25, 0.3) is 22.2 Å². The average Bonchev–Trinajstić information content (AvgIpc) is 3.17. The number of aliphatic imine (C=N–C) groups is 1. The number of carbonyl (C=O) groups excluding carboxylic acids is 1. The Balaban J connectivity index is 2.13. The molecule has 0 saturated heterocycles. The molecule has 35 heavy (non-hydrogen) atoms. The maximum absolute atomic E-state index is 13.3. The van der Waals surface area contributed by atoms with Gasteiger partial charge in [-0.2, -0.15) is 5.26 Å². The Morgan fingerprint density at radius 1 is 1.14 bits per heavy atom. The van der Waals surface area contributed by atoms with E-state index in [-0.39, 0.29) is 11.9 Å². The summed E-state index contributed by atoms with van der Waals surface area (Å²) in [5.41, 5.74) is 12.8. The third-order valence-corrected chi connectivity index (χ3v) is 6.58. The third-order valence-electron chi connectivity index (χ3n) is 6.58. The van der Waals surface area contributed by atoms with Gasteiger partial charge in [-0.1, -0.05) is 23.3 Å². The first kappa shape index (κ1) is 25.8. The van der Waals surface area contributed by atoms with Crippen molar-refractivity contribution in [2.75, 3.05) is 19.6 Å². The highest BCUT2D eigenvalue weighted by atomic mass is 16.2. The second kappa shape index (κ2) is 10.6. The normalized spacial score (nSPS) is 12.0. The van der Waals surface area contributed by atoms with Gasteiger partial charge < -0.3 is 20.9 Å². The minimum Gasteiger partial charge on any atom is -0.369 e. The number of hydrogen-bond donors (Lipinski definition) is 3. The lowest BCUT2D eigenvalue weighted by Gasteiger charge is -2.31. The van der Waals surface area contributed by atoms with E-state index >= 15 is 0 Å². The van der Waals surface area contributed by atoms with Crippen molar-refractivity contribution in [2.24, 2.45) is 10.7 Å². The van der Waals surface area contributed by atoms with Gasteiger partial charge in [-0.25, -0.2) is 0 Å². The van der Waals surface area contributed by atoms with Gasteiger partial charge in [-0.15, -0.1) is 4.99 Å². The Morgan fingerprint density at radius 2 is 1.80 bits per heavy atom. The molecule has 2 aromatic carbocycles. The molecular formula is C28H36N6O. The molecule has 0 spiro atoms. The summed E-state index contributed by atoms with van der Waals surface area (Å²) in [6.45, 7) is 14.1. The number of aromatic nitrogens is 1. The van der Waals surface area contributed by atoms with Gasteiger partial charge in [0.05, 0.1) is 5.41 Å². The number of aromatic amines is 1. The molecule has 7 heteroatoms. The number of likely N-dealkylation sites (N-methyl/N-ethyl adjacent to an activating group) is 1. The molecule has 1 heterocycles. The van der Waals surface area contributed by atoms with E-state index in [1.165, 1.54) is 11.1 Å². The molecule has 0 aliphatic rings. The number of H-pyrrole nitrogens is 1. The number of guanidine groups is 1. The fourth-order valence-corrected chi connectivity index (χ4v) is 4.70. The van der Waals surface area contributed by atoms with Crippen LogP contribution in [0.3, 0.4) is 0 Å². The number of fused-ring (bicyclic) bond motifs is 1. The van der Waals surface area contributed by atoms with Crippen LogP contribution in [0.4, 0.5) is 0 Å². The lowest BCUT2D eigenvalue weighted by molar-refractivity contribution is -0.135. The first-order valence-corrected chi connectivity index (χ1v) is 12.1. The highest BCUT2D eigenvalue weighted by molar-refractivity contribution is 5.94. The zero-order valence-electron chi connectivity index (χ0n) is 21.6. The third kappa shape index (κ3) is 5.48. The number of aryl methyl sites for hydroxylation is 2. The molecule has 1 amide bonds. The number of nitriles is 1. The van der Waals surface area contributed by atoms with Crippen LogP contribution in [0.1, 0.15) is 49.9 Å². The second-order valence-corrected chi connectivity index (χ2v) is 9.49. The van der Waals surface area contributed by atoms with Gasteiger partial charge in [0.2, 0.25) is 18.1 Å². The molecule has 3 aromatic rings. The van der Waals surface area contributed by atoms with Crippen LogP contribution in [-0.4, -0.2) is 41.4 Å². The Hall–Kier alpha value is -3.79.